The third-order valence-electron chi connectivity index (χ3n) is 4.63. The fourth-order valence-electron chi connectivity index (χ4n) is 3.57. The van der Waals surface area contributed by atoms with Crippen LogP contribution in [0.15, 0.2) is 0 Å². The normalized spacial score (nSPS) is 28.7. The summed E-state index contributed by atoms with van der Waals surface area (Å²) in [5.41, 5.74) is 0. The standard InChI is InChI=1S/C15H30N2S/c1-2-6-14(13-18)11-16-10-7-15(12-16)17-8-4-3-5-9-17/h14-15,18H,2-13H2,1H3. The molecule has 2 nitrogen and oxygen atoms in total. The highest BCUT2D eigenvalue weighted by Gasteiger charge is 2.29. The number of nitrogens with zero attached hydrogens (tertiary/aromatic N) is 2. The molecule has 0 radical (unpaired) electrons. The number of likely N-dealkylation sites (tertiary alicyclic amines) is 2. The van der Waals surface area contributed by atoms with E-state index in [2.05, 4.69) is 29.4 Å². The van der Waals surface area contributed by atoms with Gasteiger partial charge in [-0.1, -0.05) is 19.8 Å². The van der Waals surface area contributed by atoms with Crippen LogP contribution in [0.4, 0.5) is 0 Å². The molecular weight excluding hydrogens is 240 g/mol. The van der Waals surface area contributed by atoms with E-state index in [1.165, 1.54) is 71.2 Å². The molecule has 2 rings (SSSR count). The Hall–Kier alpha value is 0.270. The van der Waals surface area contributed by atoms with Gasteiger partial charge in [-0.3, -0.25) is 4.90 Å². The zero-order valence-corrected chi connectivity index (χ0v) is 12.9. The summed E-state index contributed by atoms with van der Waals surface area (Å²) in [6, 6.07) is 0.854. The lowest BCUT2D eigenvalue weighted by molar-refractivity contribution is 0.159. The van der Waals surface area contributed by atoms with Gasteiger partial charge in [0, 0.05) is 19.1 Å². The van der Waals surface area contributed by atoms with Gasteiger partial charge in [0.1, 0.15) is 0 Å². The summed E-state index contributed by atoms with van der Waals surface area (Å²) in [4.78, 5) is 5.44. The smallest absolute Gasteiger partial charge is 0.0235 e. The van der Waals surface area contributed by atoms with Gasteiger partial charge in [0.15, 0.2) is 0 Å². The molecule has 18 heavy (non-hydrogen) atoms. The quantitative estimate of drug-likeness (QED) is 0.742. The van der Waals surface area contributed by atoms with Crippen molar-refractivity contribution in [3.8, 4) is 0 Å². The number of piperidine rings is 1. The maximum absolute atomic E-state index is 4.51. The number of thiol groups is 1. The molecule has 0 aromatic rings. The highest BCUT2D eigenvalue weighted by molar-refractivity contribution is 7.80. The molecule has 2 aliphatic rings. The molecule has 2 atom stereocenters. The summed E-state index contributed by atoms with van der Waals surface area (Å²) in [6.45, 7) is 8.90. The van der Waals surface area contributed by atoms with E-state index in [1.807, 2.05) is 0 Å². The first-order chi connectivity index (χ1) is 8.83. The van der Waals surface area contributed by atoms with Crippen molar-refractivity contribution in [1.82, 2.24) is 9.80 Å². The van der Waals surface area contributed by atoms with Crippen molar-refractivity contribution < 1.29 is 0 Å². The molecule has 2 fully saturated rings. The Labute approximate surface area is 119 Å². The van der Waals surface area contributed by atoms with E-state index >= 15 is 0 Å². The molecule has 2 aliphatic heterocycles. The molecule has 2 heterocycles. The van der Waals surface area contributed by atoms with Crippen LogP contribution in [-0.2, 0) is 0 Å². The molecule has 106 valence electrons. The van der Waals surface area contributed by atoms with E-state index in [1.54, 1.807) is 0 Å². The van der Waals surface area contributed by atoms with Crippen molar-refractivity contribution >= 4 is 12.6 Å². The predicted octanol–water partition coefficient (Wildman–Crippen LogP) is 2.89. The lowest BCUT2D eigenvalue weighted by Gasteiger charge is -2.32. The summed E-state index contributed by atoms with van der Waals surface area (Å²) in [6.07, 6.45) is 8.33. The SMILES string of the molecule is CCCC(CS)CN1CCC(N2CCCCC2)C1. The van der Waals surface area contributed by atoms with E-state index in [9.17, 15) is 0 Å². The maximum Gasteiger partial charge on any atom is 0.0235 e. The fourth-order valence-corrected chi connectivity index (χ4v) is 3.87. The van der Waals surface area contributed by atoms with E-state index in [0.717, 1.165) is 17.7 Å². The first-order valence-electron chi connectivity index (χ1n) is 7.90. The Bertz CT molecular complexity index is 229. The van der Waals surface area contributed by atoms with Crippen LogP contribution in [-0.4, -0.2) is 54.3 Å². The molecule has 0 spiro atoms. The second-order valence-corrected chi connectivity index (χ2v) is 6.50. The number of rotatable bonds is 6. The van der Waals surface area contributed by atoms with Crippen LogP contribution >= 0.6 is 12.6 Å². The summed E-state index contributed by atoms with van der Waals surface area (Å²) in [5, 5.41) is 0. The van der Waals surface area contributed by atoms with Crippen molar-refractivity contribution in [2.24, 2.45) is 5.92 Å². The summed E-state index contributed by atoms with van der Waals surface area (Å²) in [7, 11) is 0. The van der Waals surface area contributed by atoms with Crippen LogP contribution in [0, 0.1) is 5.92 Å². The molecule has 0 aromatic heterocycles. The van der Waals surface area contributed by atoms with Crippen molar-refractivity contribution in [2.45, 2.75) is 51.5 Å². The number of hydrogen-bond donors (Lipinski definition) is 1. The van der Waals surface area contributed by atoms with E-state index < -0.39 is 0 Å². The molecule has 0 aliphatic carbocycles. The van der Waals surface area contributed by atoms with Gasteiger partial charge in [0.05, 0.1) is 0 Å². The van der Waals surface area contributed by atoms with Gasteiger partial charge in [0.25, 0.3) is 0 Å². The topological polar surface area (TPSA) is 6.48 Å². The van der Waals surface area contributed by atoms with E-state index in [4.69, 9.17) is 0 Å². The maximum atomic E-state index is 4.51. The van der Waals surface area contributed by atoms with Crippen LogP contribution in [0.25, 0.3) is 0 Å². The van der Waals surface area contributed by atoms with Crippen molar-refractivity contribution in [3.05, 3.63) is 0 Å². The van der Waals surface area contributed by atoms with Crippen LogP contribution in [0.2, 0.25) is 0 Å². The zero-order valence-electron chi connectivity index (χ0n) is 12.0. The largest absolute Gasteiger partial charge is 0.301 e. The third kappa shape index (κ3) is 4.14. The summed E-state index contributed by atoms with van der Waals surface area (Å²) >= 11 is 4.51. The molecule has 0 saturated carbocycles. The van der Waals surface area contributed by atoms with Gasteiger partial charge < -0.3 is 4.90 Å². The van der Waals surface area contributed by atoms with Gasteiger partial charge in [0.2, 0.25) is 0 Å². The van der Waals surface area contributed by atoms with Gasteiger partial charge in [-0.2, -0.15) is 12.6 Å². The Morgan fingerprint density at radius 3 is 2.61 bits per heavy atom. The fraction of sp³-hybridized carbons (Fsp3) is 1.00. The second kappa shape index (κ2) is 7.76. The molecule has 0 amide bonds. The van der Waals surface area contributed by atoms with Crippen LogP contribution in [0.5, 0.6) is 0 Å². The van der Waals surface area contributed by atoms with Gasteiger partial charge >= 0.3 is 0 Å². The molecular formula is C15H30N2S. The number of hydrogen-bond acceptors (Lipinski definition) is 3. The van der Waals surface area contributed by atoms with Gasteiger partial charge in [-0.15, -0.1) is 0 Å². The average Bonchev–Trinajstić information content (AvgIpc) is 2.88. The lowest BCUT2D eigenvalue weighted by atomic mass is 10.1. The van der Waals surface area contributed by atoms with Crippen LogP contribution in [0.1, 0.15) is 45.4 Å². The molecule has 0 aromatic carbocycles. The van der Waals surface area contributed by atoms with Crippen molar-refractivity contribution in [3.63, 3.8) is 0 Å². The predicted molar refractivity (Wildman–Crippen MR) is 82.5 cm³/mol. The van der Waals surface area contributed by atoms with Crippen LogP contribution in [0.3, 0.4) is 0 Å². The third-order valence-corrected chi connectivity index (χ3v) is 5.14. The van der Waals surface area contributed by atoms with Gasteiger partial charge in [-0.25, -0.2) is 0 Å². The molecule has 2 saturated heterocycles. The summed E-state index contributed by atoms with van der Waals surface area (Å²) < 4.78 is 0. The Morgan fingerprint density at radius 1 is 1.17 bits per heavy atom. The van der Waals surface area contributed by atoms with E-state index in [0.29, 0.717) is 0 Å². The minimum Gasteiger partial charge on any atom is -0.301 e. The monoisotopic (exact) mass is 270 g/mol. The highest BCUT2D eigenvalue weighted by Crippen LogP contribution is 2.22. The Balaban J connectivity index is 1.73. The molecule has 0 N–H and O–H groups in total. The van der Waals surface area contributed by atoms with Crippen molar-refractivity contribution in [1.29, 1.82) is 0 Å². The van der Waals surface area contributed by atoms with Crippen LogP contribution < -0.4 is 0 Å². The Kier molecular flexibility index (Phi) is 6.33. The molecule has 2 unspecified atom stereocenters. The Morgan fingerprint density at radius 2 is 1.94 bits per heavy atom. The lowest BCUT2D eigenvalue weighted by Crippen LogP contribution is -2.41. The molecule has 3 heteroatoms. The molecule has 0 bridgehead atoms. The van der Waals surface area contributed by atoms with Crippen molar-refractivity contribution in [2.75, 3.05) is 38.5 Å². The minimum atomic E-state index is 0.804. The average molecular weight is 270 g/mol. The second-order valence-electron chi connectivity index (χ2n) is 6.14. The first-order valence-corrected chi connectivity index (χ1v) is 8.54. The summed E-state index contributed by atoms with van der Waals surface area (Å²) in [5.74, 6) is 1.86. The van der Waals surface area contributed by atoms with E-state index in [-0.39, 0.29) is 0 Å². The highest BCUT2D eigenvalue weighted by atomic mass is 32.1. The minimum absolute atomic E-state index is 0.804. The van der Waals surface area contributed by atoms with Gasteiger partial charge in [-0.05, 0) is 57.0 Å². The zero-order chi connectivity index (χ0) is 12.8. The first kappa shape index (κ1) is 14.7.